The van der Waals surface area contributed by atoms with E-state index in [1.165, 1.54) is 4.31 Å². The molecule has 8 heteroatoms. The van der Waals surface area contributed by atoms with E-state index >= 15 is 0 Å². The predicted molar refractivity (Wildman–Crippen MR) is 104 cm³/mol. The molecule has 0 unspecified atom stereocenters. The van der Waals surface area contributed by atoms with E-state index in [9.17, 15) is 13.2 Å². The number of para-hydroxylation sites is 1. The van der Waals surface area contributed by atoms with Crippen LogP contribution in [0.15, 0.2) is 48.5 Å². The minimum absolute atomic E-state index is 0.0423. The lowest BCUT2D eigenvalue weighted by Crippen LogP contribution is -2.36. The summed E-state index contributed by atoms with van der Waals surface area (Å²) in [5.41, 5.74) is 1.23. The molecule has 0 N–H and O–H groups in total. The fraction of sp³-hybridized carbons (Fsp3) is 0.316. The summed E-state index contributed by atoms with van der Waals surface area (Å²) in [4.78, 5) is 14.3. The number of hydrogen-bond donors (Lipinski definition) is 0. The van der Waals surface area contributed by atoms with Crippen molar-refractivity contribution in [2.24, 2.45) is 0 Å². The first-order valence-electron chi connectivity index (χ1n) is 8.63. The van der Waals surface area contributed by atoms with Gasteiger partial charge in [-0.05, 0) is 31.2 Å². The SMILES string of the molecule is CCN(C(=O)CCN(c1ccc2c(c1)OCO2)S(C)(=O)=O)c1ccccc1. The topological polar surface area (TPSA) is 76.2 Å². The molecule has 1 amide bonds. The summed E-state index contributed by atoms with van der Waals surface area (Å²) in [6, 6.07) is 14.2. The van der Waals surface area contributed by atoms with Crippen molar-refractivity contribution in [1.82, 2.24) is 0 Å². The summed E-state index contributed by atoms with van der Waals surface area (Å²) in [7, 11) is -3.56. The minimum atomic E-state index is -3.56. The average Bonchev–Trinajstić information content (AvgIpc) is 3.10. The van der Waals surface area contributed by atoms with Crippen LogP contribution in [0.2, 0.25) is 0 Å². The van der Waals surface area contributed by atoms with Crippen LogP contribution in [0.3, 0.4) is 0 Å². The van der Waals surface area contributed by atoms with E-state index in [1.807, 2.05) is 37.3 Å². The fourth-order valence-corrected chi connectivity index (χ4v) is 3.89. The third-order valence-corrected chi connectivity index (χ3v) is 5.45. The van der Waals surface area contributed by atoms with Crippen LogP contribution in [-0.4, -0.2) is 40.5 Å². The summed E-state index contributed by atoms with van der Waals surface area (Å²) in [5, 5.41) is 0. The van der Waals surface area contributed by atoms with Crippen molar-refractivity contribution in [1.29, 1.82) is 0 Å². The van der Waals surface area contributed by atoms with Gasteiger partial charge in [0.15, 0.2) is 11.5 Å². The maximum atomic E-state index is 12.7. The van der Waals surface area contributed by atoms with Crippen LogP contribution in [0, 0.1) is 0 Å². The first kappa shape index (κ1) is 19.0. The Bertz CT molecular complexity index is 915. The Labute approximate surface area is 159 Å². The lowest BCUT2D eigenvalue weighted by atomic mass is 10.2. The highest BCUT2D eigenvalue weighted by Gasteiger charge is 2.23. The molecule has 0 bridgehead atoms. The van der Waals surface area contributed by atoms with Crippen LogP contribution in [0.4, 0.5) is 11.4 Å². The maximum Gasteiger partial charge on any atom is 0.232 e. The minimum Gasteiger partial charge on any atom is -0.454 e. The van der Waals surface area contributed by atoms with E-state index in [-0.39, 0.29) is 25.7 Å². The fourth-order valence-electron chi connectivity index (χ4n) is 2.97. The van der Waals surface area contributed by atoms with Crippen LogP contribution < -0.4 is 18.7 Å². The molecule has 144 valence electrons. The highest BCUT2D eigenvalue weighted by Crippen LogP contribution is 2.36. The van der Waals surface area contributed by atoms with Gasteiger partial charge in [0, 0.05) is 31.3 Å². The zero-order chi connectivity index (χ0) is 19.4. The molecule has 1 aliphatic heterocycles. The molecular weight excluding hydrogens is 368 g/mol. The van der Waals surface area contributed by atoms with E-state index in [2.05, 4.69) is 0 Å². The van der Waals surface area contributed by atoms with Gasteiger partial charge in [0.05, 0.1) is 11.9 Å². The molecular formula is C19H22N2O5S. The standard InChI is InChI=1S/C19H22N2O5S/c1-3-20(15-7-5-4-6-8-15)19(22)11-12-21(27(2,23)24)16-9-10-17-18(13-16)26-14-25-17/h4-10,13H,3,11-12,14H2,1-2H3. The number of nitrogens with zero attached hydrogens (tertiary/aromatic N) is 2. The largest absolute Gasteiger partial charge is 0.454 e. The molecule has 2 aromatic rings. The van der Waals surface area contributed by atoms with Crippen molar-refractivity contribution in [3.63, 3.8) is 0 Å². The molecule has 1 aliphatic rings. The van der Waals surface area contributed by atoms with Crippen LogP contribution in [0.25, 0.3) is 0 Å². The zero-order valence-electron chi connectivity index (χ0n) is 15.3. The highest BCUT2D eigenvalue weighted by atomic mass is 32.2. The van der Waals surface area contributed by atoms with Gasteiger partial charge in [-0.15, -0.1) is 0 Å². The van der Waals surface area contributed by atoms with Crippen molar-refractivity contribution >= 4 is 27.3 Å². The molecule has 0 radical (unpaired) electrons. The van der Waals surface area contributed by atoms with E-state index in [0.717, 1.165) is 11.9 Å². The Morgan fingerprint density at radius 2 is 1.74 bits per heavy atom. The molecule has 0 fully saturated rings. The zero-order valence-corrected chi connectivity index (χ0v) is 16.1. The molecule has 0 aliphatic carbocycles. The highest BCUT2D eigenvalue weighted by molar-refractivity contribution is 7.92. The van der Waals surface area contributed by atoms with Crippen molar-refractivity contribution < 1.29 is 22.7 Å². The van der Waals surface area contributed by atoms with Gasteiger partial charge in [-0.2, -0.15) is 0 Å². The Hall–Kier alpha value is -2.74. The number of rotatable bonds is 7. The second kappa shape index (κ2) is 7.87. The average molecular weight is 390 g/mol. The first-order valence-corrected chi connectivity index (χ1v) is 10.5. The normalized spacial score (nSPS) is 12.7. The van der Waals surface area contributed by atoms with Gasteiger partial charge in [0.1, 0.15) is 0 Å². The van der Waals surface area contributed by atoms with E-state index < -0.39 is 10.0 Å². The number of carbonyl (C=O) groups excluding carboxylic acids is 1. The van der Waals surface area contributed by atoms with E-state index in [1.54, 1.807) is 23.1 Å². The van der Waals surface area contributed by atoms with Crippen molar-refractivity contribution in [3.05, 3.63) is 48.5 Å². The molecule has 2 aromatic carbocycles. The van der Waals surface area contributed by atoms with Gasteiger partial charge in [-0.3, -0.25) is 9.10 Å². The summed E-state index contributed by atoms with van der Waals surface area (Å²) < 4.78 is 36.4. The van der Waals surface area contributed by atoms with Crippen LogP contribution in [-0.2, 0) is 14.8 Å². The summed E-state index contributed by atoms with van der Waals surface area (Å²) >= 11 is 0. The second-order valence-corrected chi connectivity index (χ2v) is 8.00. The third-order valence-electron chi connectivity index (χ3n) is 4.26. The first-order chi connectivity index (χ1) is 12.9. The number of anilines is 2. The summed E-state index contributed by atoms with van der Waals surface area (Å²) in [6.45, 7) is 2.54. The number of fused-ring (bicyclic) bond motifs is 1. The van der Waals surface area contributed by atoms with E-state index in [0.29, 0.717) is 23.7 Å². The molecule has 3 rings (SSSR count). The molecule has 0 spiro atoms. The molecule has 0 atom stereocenters. The van der Waals surface area contributed by atoms with Crippen molar-refractivity contribution in [3.8, 4) is 11.5 Å². The van der Waals surface area contributed by atoms with Gasteiger partial charge >= 0.3 is 0 Å². The number of carbonyl (C=O) groups is 1. The van der Waals surface area contributed by atoms with Gasteiger partial charge in [-0.25, -0.2) is 8.42 Å². The summed E-state index contributed by atoms with van der Waals surface area (Å²) in [6.07, 6.45) is 1.18. The monoisotopic (exact) mass is 390 g/mol. The Balaban J connectivity index is 1.77. The predicted octanol–water partition coefficient (Wildman–Crippen LogP) is 2.62. The van der Waals surface area contributed by atoms with Gasteiger partial charge in [-0.1, -0.05) is 18.2 Å². The number of sulfonamides is 1. The third kappa shape index (κ3) is 4.33. The Kier molecular flexibility index (Phi) is 5.55. The maximum absolute atomic E-state index is 12.7. The molecule has 0 saturated carbocycles. The van der Waals surface area contributed by atoms with Crippen molar-refractivity contribution in [2.45, 2.75) is 13.3 Å². The smallest absolute Gasteiger partial charge is 0.232 e. The van der Waals surface area contributed by atoms with Gasteiger partial charge < -0.3 is 14.4 Å². The van der Waals surface area contributed by atoms with Gasteiger partial charge in [0.25, 0.3) is 0 Å². The van der Waals surface area contributed by atoms with Crippen LogP contribution in [0.1, 0.15) is 13.3 Å². The lowest BCUT2D eigenvalue weighted by molar-refractivity contribution is -0.118. The van der Waals surface area contributed by atoms with E-state index in [4.69, 9.17) is 9.47 Å². The quantitative estimate of drug-likeness (QED) is 0.726. The van der Waals surface area contributed by atoms with Gasteiger partial charge in [0.2, 0.25) is 22.7 Å². The molecule has 1 heterocycles. The molecule has 27 heavy (non-hydrogen) atoms. The van der Waals surface area contributed by atoms with Crippen molar-refractivity contribution in [2.75, 3.05) is 35.3 Å². The Morgan fingerprint density at radius 3 is 2.41 bits per heavy atom. The van der Waals surface area contributed by atoms with Crippen LogP contribution >= 0.6 is 0 Å². The molecule has 0 saturated heterocycles. The second-order valence-electron chi connectivity index (χ2n) is 6.10. The number of amides is 1. The summed E-state index contributed by atoms with van der Waals surface area (Å²) in [5.74, 6) is 0.926. The Morgan fingerprint density at radius 1 is 1.04 bits per heavy atom. The van der Waals surface area contributed by atoms with Crippen LogP contribution in [0.5, 0.6) is 11.5 Å². The number of hydrogen-bond acceptors (Lipinski definition) is 5. The number of ether oxygens (including phenoxy) is 2. The molecule has 0 aromatic heterocycles. The lowest BCUT2D eigenvalue weighted by Gasteiger charge is -2.25. The molecule has 7 nitrogen and oxygen atoms in total. The number of benzene rings is 2.